The first-order valence-electron chi connectivity index (χ1n) is 5.90. The van der Waals surface area contributed by atoms with Crippen LogP contribution in [-0.4, -0.2) is 15.7 Å². The minimum Gasteiger partial charge on any atom is -0.301 e. The molecule has 3 nitrogen and oxygen atoms in total. The molecule has 102 valence electrons. The third-order valence-electron chi connectivity index (χ3n) is 2.66. The van der Waals surface area contributed by atoms with Crippen molar-refractivity contribution < 1.29 is 4.79 Å². The highest BCUT2D eigenvalue weighted by Gasteiger charge is 2.20. The predicted octanol–water partition coefficient (Wildman–Crippen LogP) is 4.62. The predicted molar refractivity (Wildman–Crippen MR) is 85.5 cm³/mol. The number of thiazole rings is 1. The molecule has 0 aliphatic heterocycles. The number of aromatic nitrogens is 1. The molecule has 1 aromatic heterocycles. The molecule has 2 aromatic rings. The summed E-state index contributed by atoms with van der Waals surface area (Å²) in [5.74, 6) is 0.141. The van der Waals surface area contributed by atoms with Gasteiger partial charge in [-0.2, -0.15) is 0 Å². The number of benzene rings is 1. The molecule has 0 saturated carbocycles. The zero-order chi connectivity index (χ0) is 14.2. The van der Waals surface area contributed by atoms with E-state index < -0.39 is 0 Å². The third kappa shape index (κ3) is 3.27. The van der Waals surface area contributed by atoms with Crippen LogP contribution in [0.1, 0.15) is 19.4 Å². The van der Waals surface area contributed by atoms with E-state index in [1.54, 1.807) is 0 Å². The van der Waals surface area contributed by atoms with E-state index in [4.69, 9.17) is 11.6 Å². The topological polar surface area (TPSA) is 42.0 Å². The summed E-state index contributed by atoms with van der Waals surface area (Å²) in [5.41, 5.74) is 1.82. The molecule has 0 aliphatic carbocycles. The highest BCUT2D eigenvalue weighted by molar-refractivity contribution is 9.10. The van der Waals surface area contributed by atoms with Crippen molar-refractivity contribution in [1.29, 1.82) is 0 Å². The SMILES string of the molecule is Cc1cc(Cl)c2nc(NC(=O)[C@H](Br)C(C)C)sc2c1. The molecule has 1 heterocycles. The number of hydrogen-bond acceptors (Lipinski definition) is 3. The highest BCUT2D eigenvalue weighted by atomic mass is 79.9. The first-order valence-corrected chi connectivity index (χ1v) is 8.01. The summed E-state index contributed by atoms with van der Waals surface area (Å²) in [7, 11) is 0. The Morgan fingerprint density at radius 1 is 1.47 bits per heavy atom. The van der Waals surface area contributed by atoms with Gasteiger partial charge >= 0.3 is 0 Å². The monoisotopic (exact) mass is 360 g/mol. The zero-order valence-electron chi connectivity index (χ0n) is 10.8. The second-order valence-electron chi connectivity index (χ2n) is 4.75. The number of halogens is 2. The van der Waals surface area contributed by atoms with Gasteiger partial charge < -0.3 is 5.32 Å². The summed E-state index contributed by atoms with van der Waals surface area (Å²) < 4.78 is 0.982. The van der Waals surface area contributed by atoms with Crippen LogP contribution in [0.15, 0.2) is 12.1 Å². The molecule has 1 atom stereocenters. The van der Waals surface area contributed by atoms with Gasteiger partial charge in [0.2, 0.25) is 5.91 Å². The third-order valence-corrected chi connectivity index (χ3v) is 5.34. The Labute approximate surface area is 129 Å². The molecule has 1 N–H and O–H groups in total. The van der Waals surface area contributed by atoms with Crippen LogP contribution in [0.25, 0.3) is 10.2 Å². The molecule has 1 aromatic carbocycles. The average Bonchev–Trinajstić information content (AvgIpc) is 2.70. The summed E-state index contributed by atoms with van der Waals surface area (Å²) in [4.78, 5) is 16.1. The number of carbonyl (C=O) groups is 1. The van der Waals surface area contributed by atoms with Crippen molar-refractivity contribution >= 4 is 60.1 Å². The molecular weight excluding hydrogens is 348 g/mol. The molecule has 0 spiro atoms. The zero-order valence-corrected chi connectivity index (χ0v) is 14.0. The van der Waals surface area contributed by atoms with E-state index >= 15 is 0 Å². The normalized spacial score (nSPS) is 12.9. The standard InChI is InChI=1S/C13H14BrClN2OS/c1-6(2)10(14)12(18)17-13-16-11-8(15)4-7(3)5-9(11)19-13/h4-6,10H,1-3H3,(H,16,17,18)/t10-/m1/s1. The fourth-order valence-corrected chi connectivity index (χ4v) is 3.13. The van der Waals surface area contributed by atoms with E-state index in [1.165, 1.54) is 11.3 Å². The summed E-state index contributed by atoms with van der Waals surface area (Å²) >= 11 is 11.0. The van der Waals surface area contributed by atoms with Gasteiger partial charge in [0.05, 0.1) is 14.5 Å². The molecule has 0 radical (unpaired) electrons. The summed E-state index contributed by atoms with van der Waals surface area (Å²) in [5, 5.41) is 4.02. The number of amides is 1. The van der Waals surface area contributed by atoms with Gasteiger partial charge in [-0.1, -0.05) is 52.7 Å². The maximum Gasteiger partial charge on any atom is 0.240 e. The number of nitrogens with zero attached hydrogens (tertiary/aromatic N) is 1. The van der Waals surface area contributed by atoms with Crippen LogP contribution in [0, 0.1) is 12.8 Å². The van der Waals surface area contributed by atoms with Gasteiger partial charge in [-0.25, -0.2) is 4.98 Å². The van der Waals surface area contributed by atoms with Gasteiger partial charge in [-0.15, -0.1) is 0 Å². The lowest BCUT2D eigenvalue weighted by Crippen LogP contribution is -2.26. The lowest BCUT2D eigenvalue weighted by molar-refractivity contribution is -0.116. The maximum absolute atomic E-state index is 12.0. The van der Waals surface area contributed by atoms with Crippen LogP contribution in [0.3, 0.4) is 0 Å². The van der Waals surface area contributed by atoms with Crippen molar-refractivity contribution in [2.75, 3.05) is 5.32 Å². The largest absolute Gasteiger partial charge is 0.301 e. The number of rotatable bonds is 3. The highest BCUT2D eigenvalue weighted by Crippen LogP contribution is 2.32. The number of hydrogen-bond donors (Lipinski definition) is 1. The van der Waals surface area contributed by atoms with Crippen LogP contribution in [-0.2, 0) is 4.79 Å². The van der Waals surface area contributed by atoms with Gasteiger partial charge in [-0.3, -0.25) is 4.79 Å². The van der Waals surface area contributed by atoms with Gasteiger partial charge in [0.25, 0.3) is 0 Å². The molecule has 0 fully saturated rings. The van der Waals surface area contributed by atoms with E-state index in [0.717, 1.165) is 15.8 Å². The Bertz CT molecular complexity index is 626. The first kappa shape index (κ1) is 14.8. The molecule has 6 heteroatoms. The van der Waals surface area contributed by atoms with Gasteiger partial charge in [0.1, 0.15) is 5.52 Å². The fourth-order valence-electron chi connectivity index (χ4n) is 1.65. The van der Waals surface area contributed by atoms with Gasteiger partial charge in [0, 0.05) is 0 Å². The van der Waals surface area contributed by atoms with Crippen LogP contribution < -0.4 is 5.32 Å². The maximum atomic E-state index is 12.0. The van der Waals surface area contributed by atoms with Crippen molar-refractivity contribution in [3.63, 3.8) is 0 Å². The summed E-state index contributed by atoms with van der Waals surface area (Å²) in [6, 6.07) is 3.89. The minimum absolute atomic E-state index is 0.0816. The number of aryl methyl sites for hydroxylation is 1. The van der Waals surface area contributed by atoms with Crippen LogP contribution in [0.5, 0.6) is 0 Å². The van der Waals surface area contributed by atoms with E-state index in [1.807, 2.05) is 32.9 Å². The average molecular weight is 362 g/mol. The molecular formula is C13H14BrClN2OS. The molecule has 0 bridgehead atoms. The van der Waals surface area contributed by atoms with E-state index in [-0.39, 0.29) is 16.7 Å². The molecule has 19 heavy (non-hydrogen) atoms. The Kier molecular flexibility index (Phi) is 4.48. The lowest BCUT2D eigenvalue weighted by atomic mass is 10.1. The lowest BCUT2D eigenvalue weighted by Gasteiger charge is -2.11. The quantitative estimate of drug-likeness (QED) is 0.811. The number of carbonyl (C=O) groups excluding carboxylic acids is 1. The van der Waals surface area contributed by atoms with Crippen molar-refractivity contribution in [3.8, 4) is 0 Å². The van der Waals surface area contributed by atoms with E-state index in [0.29, 0.717) is 10.2 Å². The van der Waals surface area contributed by atoms with Crippen molar-refractivity contribution in [3.05, 3.63) is 22.7 Å². The Morgan fingerprint density at radius 3 is 2.79 bits per heavy atom. The number of fused-ring (bicyclic) bond motifs is 1. The van der Waals surface area contributed by atoms with Crippen LogP contribution in [0.2, 0.25) is 5.02 Å². The summed E-state index contributed by atoms with van der Waals surface area (Å²) in [6.45, 7) is 5.95. The Morgan fingerprint density at radius 2 is 2.16 bits per heavy atom. The molecule has 0 unspecified atom stereocenters. The second kappa shape index (κ2) is 5.77. The first-order chi connectivity index (χ1) is 8.88. The summed E-state index contributed by atoms with van der Waals surface area (Å²) in [6.07, 6.45) is 0. The van der Waals surface area contributed by atoms with Gasteiger partial charge in [0.15, 0.2) is 5.13 Å². The smallest absolute Gasteiger partial charge is 0.240 e. The molecule has 2 rings (SSSR count). The van der Waals surface area contributed by atoms with Crippen molar-refractivity contribution in [2.24, 2.45) is 5.92 Å². The van der Waals surface area contributed by atoms with Crippen LogP contribution in [0.4, 0.5) is 5.13 Å². The Balaban J connectivity index is 2.27. The van der Waals surface area contributed by atoms with Crippen molar-refractivity contribution in [2.45, 2.75) is 25.6 Å². The number of nitrogens with one attached hydrogen (secondary N) is 1. The van der Waals surface area contributed by atoms with Crippen molar-refractivity contribution in [1.82, 2.24) is 4.98 Å². The van der Waals surface area contributed by atoms with Crippen LogP contribution >= 0.6 is 38.9 Å². The molecule has 0 aliphatic rings. The Hall–Kier alpha value is -0.650. The van der Waals surface area contributed by atoms with Gasteiger partial charge in [-0.05, 0) is 30.5 Å². The van der Waals surface area contributed by atoms with E-state index in [2.05, 4.69) is 26.2 Å². The van der Waals surface area contributed by atoms with E-state index in [9.17, 15) is 4.79 Å². The molecule has 0 saturated heterocycles. The fraction of sp³-hybridized carbons (Fsp3) is 0.385. The minimum atomic E-state index is -0.225. The number of alkyl halides is 1. The molecule has 1 amide bonds. The second-order valence-corrected chi connectivity index (χ2v) is 7.17. The number of anilines is 1.